The third kappa shape index (κ3) is 5.71. The summed E-state index contributed by atoms with van der Waals surface area (Å²) in [5.41, 5.74) is 3.82. The molecule has 0 aliphatic heterocycles. The SMILES string of the molecule is CC(C)(C)c1cccc(C#N)c1C#N.CCCCc1cccc(C#N)c1C#N. The van der Waals surface area contributed by atoms with E-state index in [2.05, 4.69) is 19.1 Å². The van der Waals surface area contributed by atoms with Crippen molar-refractivity contribution in [3.8, 4) is 24.3 Å². The maximum absolute atomic E-state index is 8.99. The van der Waals surface area contributed by atoms with E-state index >= 15 is 0 Å². The van der Waals surface area contributed by atoms with Crippen molar-refractivity contribution in [1.29, 1.82) is 21.0 Å². The monoisotopic (exact) mass is 368 g/mol. The second-order valence-electron chi connectivity index (χ2n) is 7.37. The van der Waals surface area contributed by atoms with Crippen LogP contribution in [0.2, 0.25) is 0 Å². The van der Waals surface area contributed by atoms with Crippen molar-refractivity contribution in [3.05, 3.63) is 69.8 Å². The zero-order valence-electron chi connectivity index (χ0n) is 16.9. The van der Waals surface area contributed by atoms with E-state index in [-0.39, 0.29) is 5.41 Å². The summed E-state index contributed by atoms with van der Waals surface area (Å²) >= 11 is 0. The molecular weight excluding hydrogens is 344 g/mol. The van der Waals surface area contributed by atoms with Crippen molar-refractivity contribution in [2.75, 3.05) is 0 Å². The zero-order chi connectivity index (χ0) is 21.2. The first kappa shape index (κ1) is 22.4. The lowest BCUT2D eigenvalue weighted by atomic mass is 9.83. The van der Waals surface area contributed by atoms with Gasteiger partial charge < -0.3 is 0 Å². The van der Waals surface area contributed by atoms with Crippen LogP contribution in [0.25, 0.3) is 0 Å². The highest BCUT2D eigenvalue weighted by Crippen LogP contribution is 2.27. The van der Waals surface area contributed by atoms with E-state index in [1.165, 1.54) is 0 Å². The van der Waals surface area contributed by atoms with Crippen LogP contribution in [0.15, 0.2) is 36.4 Å². The molecule has 0 bridgehead atoms. The minimum atomic E-state index is -0.0993. The molecule has 2 aromatic rings. The maximum atomic E-state index is 8.99. The van der Waals surface area contributed by atoms with Gasteiger partial charge in [-0.15, -0.1) is 0 Å². The Morgan fingerprint density at radius 2 is 1.29 bits per heavy atom. The molecule has 0 atom stereocenters. The largest absolute Gasteiger partial charge is 0.192 e. The van der Waals surface area contributed by atoms with E-state index in [9.17, 15) is 0 Å². The number of hydrogen-bond donors (Lipinski definition) is 0. The topological polar surface area (TPSA) is 95.2 Å². The second kappa shape index (κ2) is 10.5. The van der Waals surface area contributed by atoms with Crippen LogP contribution in [0.3, 0.4) is 0 Å². The molecule has 0 heterocycles. The van der Waals surface area contributed by atoms with Gasteiger partial charge in [-0.3, -0.25) is 0 Å². The third-order valence-electron chi connectivity index (χ3n) is 4.29. The number of aryl methyl sites for hydroxylation is 1. The fourth-order valence-corrected chi connectivity index (χ4v) is 2.79. The molecule has 0 aromatic heterocycles. The first-order chi connectivity index (χ1) is 13.3. The van der Waals surface area contributed by atoms with Gasteiger partial charge in [0.05, 0.1) is 22.3 Å². The molecule has 0 unspecified atom stereocenters. The Morgan fingerprint density at radius 1 is 0.750 bits per heavy atom. The first-order valence-corrected chi connectivity index (χ1v) is 9.19. The first-order valence-electron chi connectivity index (χ1n) is 9.19. The number of hydrogen-bond acceptors (Lipinski definition) is 4. The van der Waals surface area contributed by atoms with Crippen LogP contribution in [0.5, 0.6) is 0 Å². The van der Waals surface area contributed by atoms with E-state index in [0.29, 0.717) is 22.3 Å². The molecule has 0 saturated heterocycles. The molecule has 28 heavy (non-hydrogen) atoms. The van der Waals surface area contributed by atoms with E-state index in [4.69, 9.17) is 21.0 Å². The lowest BCUT2D eigenvalue weighted by Crippen LogP contribution is -2.13. The Labute approximate surface area is 167 Å². The fourth-order valence-electron chi connectivity index (χ4n) is 2.79. The Kier molecular flexibility index (Phi) is 8.44. The lowest BCUT2D eigenvalue weighted by molar-refractivity contribution is 0.588. The van der Waals surface area contributed by atoms with Gasteiger partial charge in [-0.1, -0.05) is 58.4 Å². The molecule has 0 radical (unpaired) electrons. The summed E-state index contributed by atoms with van der Waals surface area (Å²) in [5.74, 6) is 0. The van der Waals surface area contributed by atoms with Crippen LogP contribution in [0, 0.1) is 45.3 Å². The summed E-state index contributed by atoms with van der Waals surface area (Å²) in [6.45, 7) is 8.21. The molecule has 0 fully saturated rings. The Bertz CT molecular complexity index is 984. The second-order valence-corrected chi connectivity index (χ2v) is 7.37. The predicted octanol–water partition coefficient (Wildman–Crippen LogP) is 5.50. The Morgan fingerprint density at radius 3 is 1.75 bits per heavy atom. The van der Waals surface area contributed by atoms with Gasteiger partial charge in [-0.2, -0.15) is 21.0 Å². The highest BCUT2D eigenvalue weighted by atomic mass is 14.3. The summed E-state index contributed by atoms with van der Waals surface area (Å²) in [7, 11) is 0. The normalized spacial score (nSPS) is 9.71. The van der Waals surface area contributed by atoms with Crippen LogP contribution in [0.4, 0.5) is 0 Å². The van der Waals surface area contributed by atoms with Crippen molar-refractivity contribution in [2.45, 2.75) is 52.4 Å². The molecule has 0 spiro atoms. The summed E-state index contributed by atoms with van der Waals surface area (Å²) < 4.78 is 0. The summed E-state index contributed by atoms with van der Waals surface area (Å²) in [5, 5.41) is 35.6. The van der Waals surface area contributed by atoms with Crippen LogP contribution in [0.1, 0.15) is 73.9 Å². The van der Waals surface area contributed by atoms with Crippen LogP contribution < -0.4 is 0 Å². The Balaban J connectivity index is 0.000000280. The molecule has 2 rings (SSSR count). The third-order valence-corrected chi connectivity index (χ3v) is 4.29. The Hall–Kier alpha value is -3.60. The molecule has 0 aliphatic carbocycles. The molecule has 140 valence electrons. The molecule has 0 saturated carbocycles. The average molecular weight is 368 g/mol. The highest BCUT2D eigenvalue weighted by Gasteiger charge is 2.19. The molecule has 4 nitrogen and oxygen atoms in total. The number of nitrogens with zero attached hydrogens (tertiary/aromatic N) is 4. The van der Waals surface area contributed by atoms with Gasteiger partial charge in [-0.05, 0) is 41.5 Å². The summed E-state index contributed by atoms with van der Waals surface area (Å²) in [6.07, 6.45) is 3.04. The minimum absolute atomic E-state index is 0.0993. The number of nitriles is 4. The van der Waals surface area contributed by atoms with E-state index in [1.807, 2.05) is 57.2 Å². The average Bonchev–Trinajstić information content (AvgIpc) is 2.70. The predicted molar refractivity (Wildman–Crippen MR) is 109 cm³/mol. The van der Waals surface area contributed by atoms with E-state index in [1.54, 1.807) is 12.1 Å². The van der Waals surface area contributed by atoms with Gasteiger partial charge >= 0.3 is 0 Å². The molecule has 4 heteroatoms. The van der Waals surface area contributed by atoms with Crippen molar-refractivity contribution >= 4 is 0 Å². The van der Waals surface area contributed by atoms with Crippen molar-refractivity contribution < 1.29 is 0 Å². The number of benzene rings is 2. The van der Waals surface area contributed by atoms with E-state index < -0.39 is 0 Å². The lowest BCUT2D eigenvalue weighted by Gasteiger charge is -2.20. The molecule has 0 aliphatic rings. The van der Waals surface area contributed by atoms with Gasteiger partial charge in [-0.25, -0.2) is 0 Å². The quantitative estimate of drug-likeness (QED) is 0.714. The molecule has 0 N–H and O–H groups in total. The highest BCUT2D eigenvalue weighted by molar-refractivity contribution is 5.52. The van der Waals surface area contributed by atoms with Crippen LogP contribution >= 0.6 is 0 Å². The number of unbranched alkanes of at least 4 members (excludes halogenated alkanes) is 1. The van der Waals surface area contributed by atoms with Crippen molar-refractivity contribution in [1.82, 2.24) is 0 Å². The van der Waals surface area contributed by atoms with Gasteiger partial charge in [0.25, 0.3) is 0 Å². The van der Waals surface area contributed by atoms with Crippen LogP contribution in [-0.4, -0.2) is 0 Å². The maximum Gasteiger partial charge on any atom is 0.101 e. The summed E-state index contributed by atoms with van der Waals surface area (Å²) in [4.78, 5) is 0. The number of rotatable bonds is 3. The van der Waals surface area contributed by atoms with Crippen LogP contribution in [-0.2, 0) is 11.8 Å². The van der Waals surface area contributed by atoms with Gasteiger partial charge in [0.1, 0.15) is 24.3 Å². The van der Waals surface area contributed by atoms with E-state index in [0.717, 1.165) is 30.4 Å². The van der Waals surface area contributed by atoms with Crippen molar-refractivity contribution in [2.24, 2.45) is 0 Å². The molecule has 2 aromatic carbocycles. The minimum Gasteiger partial charge on any atom is -0.192 e. The van der Waals surface area contributed by atoms with Gasteiger partial charge in [0.2, 0.25) is 0 Å². The zero-order valence-corrected chi connectivity index (χ0v) is 16.9. The summed E-state index contributed by atoms with van der Waals surface area (Å²) in [6, 6.07) is 19.1. The smallest absolute Gasteiger partial charge is 0.101 e. The molecular formula is C24H24N4. The van der Waals surface area contributed by atoms with Gasteiger partial charge in [0.15, 0.2) is 0 Å². The van der Waals surface area contributed by atoms with Crippen molar-refractivity contribution in [3.63, 3.8) is 0 Å². The fraction of sp³-hybridized carbons (Fsp3) is 0.333. The molecule has 0 amide bonds. The van der Waals surface area contributed by atoms with Gasteiger partial charge in [0, 0.05) is 0 Å². The standard InChI is InChI=1S/2C12H12N2/c1-12(2,3)11-6-4-5-9(7-13)10(11)8-14;1-2-3-5-10-6-4-7-11(8-13)12(10)9-14/h4-6H,1-3H3;4,6-7H,2-3,5H2,1H3.